The second-order valence-electron chi connectivity index (χ2n) is 4.05. The van der Waals surface area contributed by atoms with Gasteiger partial charge in [0.2, 0.25) is 5.82 Å². The summed E-state index contributed by atoms with van der Waals surface area (Å²) in [6.07, 6.45) is 1.25. The summed E-state index contributed by atoms with van der Waals surface area (Å²) in [7, 11) is 0. The summed E-state index contributed by atoms with van der Waals surface area (Å²) in [6, 6.07) is 9.18. The lowest BCUT2D eigenvalue weighted by Crippen LogP contribution is -2.00. The van der Waals surface area contributed by atoms with Gasteiger partial charge in [0.15, 0.2) is 12.3 Å². The molecule has 2 heterocycles. The van der Waals surface area contributed by atoms with Gasteiger partial charge in [-0.05, 0) is 12.1 Å². The van der Waals surface area contributed by atoms with Crippen LogP contribution in [0.2, 0.25) is 0 Å². The Morgan fingerprint density at radius 1 is 1.33 bits per heavy atom. The number of H-pyrrole nitrogens is 1. The van der Waals surface area contributed by atoms with E-state index in [4.69, 9.17) is 14.4 Å². The SMILES string of the molecule is O=C(O)c1nc[nH]c1-c1nc(COc2ccccc2)no1. The number of nitrogens with zero attached hydrogens (tertiary/aromatic N) is 3. The number of carboxylic acid groups (broad SMARTS) is 1. The topological polar surface area (TPSA) is 114 Å². The van der Waals surface area contributed by atoms with Gasteiger partial charge in [0.1, 0.15) is 11.4 Å². The Morgan fingerprint density at radius 2 is 2.14 bits per heavy atom. The number of aromatic carboxylic acids is 1. The number of benzene rings is 1. The standard InChI is InChI=1S/C13H10N4O4/c18-13(19)11-10(14-7-15-11)12-16-9(17-21-12)6-20-8-4-2-1-3-5-8/h1-5,7H,6H2,(H,14,15)(H,18,19). The first-order valence-electron chi connectivity index (χ1n) is 6.01. The molecule has 0 amide bonds. The van der Waals surface area contributed by atoms with Crippen molar-refractivity contribution in [3.05, 3.63) is 48.2 Å². The highest BCUT2D eigenvalue weighted by atomic mass is 16.5. The smallest absolute Gasteiger partial charge is 0.356 e. The number of ether oxygens (including phenoxy) is 1. The molecule has 0 atom stereocenters. The van der Waals surface area contributed by atoms with E-state index in [9.17, 15) is 4.79 Å². The van der Waals surface area contributed by atoms with E-state index in [1.807, 2.05) is 18.2 Å². The number of para-hydroxylation sites is 1. The molecule has 3 rings (SSSR count). The van der Waals surface area contributed by atoms with Gasteiger partial charge in [-0.3, -0.25) is 0 Å². The summed E-state index contributed by atoms with van der Waals surface area (Å²) in [5, 5.41) is 12.7. The number of nitrogens with one attached hydrogen (secondary N) is 1. The molecule has 2 aromatic heterocycles. The molecule has 0 fully saturated rings. The lowest BCUT2D eigenvalue weighted by molar-refractivity contribution is 0.0691. The first-order chi connectivity index (χ1) is 10.2. The molecule has 0 bridgehead atoms. The second kappa shape index (κ2) is 5.45. The Balaban J connectivity index is 1.74. The molecule has 0 saturated carbocycles. The Labute approximate surface area is 118 Å². The largest absolute Gasteiger partial charge is 0.485 e. The fraction of sp³-hybridized carbons (Fsp3) is 0.0769. The quantitative estimate of drug-likeness (QED) is 0.734. The van der Waals surface area contributed by atoms with Crippen molar-refractivity contribution in [3.8, 4) is 17.3 Å². The monoisotopic (exact) mass is 286 g/mol. The van der Waals surface area contributed by atoms with E-state index in [2.05, 4.69) is 20.1 Å². The van der Waals surface area contributed by atoms with Crippen LogP contribution in [0.4, 0.5) is 0 Å². The summed E-state index contributed by atoms with van der Waals surface area (Å²) < 4.78 is 10.5. The van der Waals surface area contributed by atoms with Crippen LogP contribution in [0.5, 0.6) is 5.75 Å². The molecular formula is C13H10N4O4. The van der Waals surface area contributed by atoms with Gasteiger partial charge in [-0.2, -0.15) is 4.98 Å². The Hall–Kier alpha value is -3.16. The Kier molecular flexibility index (Phi) is 3.34. The number of carboxylic acids is 1. The van der Waals surface area contributed by atoms with Crippen LogP contribution >= 0.6 is 0 Å². The van der Waals surface area contributed by atoms with Crippen molar-refractivity contribution in [3.63, 3.8) is 0 Å². The van der Waals surface area contributed by atoms with Gasteiger partial charge < -0.3 is 19.4 Å². The van der Waals surface area contributed by atoms with Crippen LogP contribution in [0.1, 0.15) is 16.3 Å². The Bertz CT molecular complexity index is 750. The van der Waals surface area contributed by atoms with Crippen molar-refractivity contribution in [2.45, 2.75) is 6.61 Å². The summed E-state index contributed by atoms with van der Waals surface area (Å²) in [5.41, 5.74) is -0.00450. The number of hydrogen-bond donors (Lipinski definition) is 2. The van der Waals surface area contributed by atoms with Gasteiger partial charge in [-0.25, -0.2) is 9.78 Å². The fourth-order valence-electron chi connectivity index (χ4n) is 1.70. The van der Waals surface area contributed by atoms with Gasteiger partial charge in [0.25, 0.3) is 5.89 Å². The van der Waals surface area contributed by atoms with E-state index in [-0.39, 0.29) is 23.9 Å². The molecule has 8 nitrogen and oxygen atoms in total. The zero-order valence-corrected chi connectivity index (χ0v) is 10.7. The molecule has 0 aliphatic carbocycles. The number of aromatic amines is 1. The normalized spacial score (nSPS) is 10.5. The van der Waals surface area contributed by atoms with Gasteiger partial charge in [0.05, 0.1) is 6.33 Å². The molecule has 8 heteroatoms. The minimum atomic E-state index is -1.17. The molecule has 0 spiro atoms. The van der Waals surface area contributed by atoms with E-state index >= 15 is 0 Å². The van der Waals surface area contributed by atoms with E-state index in [1.165, 1.54) is 6.33 Å². The third-order valence-corrected chi connectivity index (χ3v) is 2.64. The molecule has 106 valence electrons. The van der Waals surface area contributed by atoms with Gasteiger partial charge in [-0.1, -0.05) is 23.4 Å². The van der Waals surface area contributed by atoms with Crippen molar-refractivity contribution < 1.29 is 19.2 Å². The van der Waals surface area contributed by atoms with E-state index < -0.39 is 5.97 Å². The van der Waals surface area contributed by atoms with Crippen molar-refractivity contribution in [2.75, 3.05) is 0 Å². The van der Waals surface area contributed by atoms with Gasteiger partial charge in [-0.15, -0.1) is 0 Å². The zero-order valence-electron chi connectivity index (χ0n) is 10.7. The number of hydrogen-bond acceptors (Lipinski definition) is 6. The van der Waals surface area contributed by atoms with Gasteiger partial charge >= 0.3 is 5.97 Å². The maximum Gasteiger partial charge on any atom is 0.356 e. The maximum absolute atomic E-state index is 11.0. The van der Waals surface area contributed by atoms with E-state index in [0.29, 0.717) is 11.6 Å². The van der Waals surface area contributed by atoms with Crippen LogP contribution in [-0.4, -0.2) is 31.2 Å². The molecule has 2 N–H and O–H groups in total. The summed E-state index contributed by atoms with van der Waals surface area (Å²) in [6.45, 7) is 0.115. The molecule has 0 aliphatic rings. The molecule has 21 heavy (non-hydrogen) atoms. The van der Waals surface area contributed by atoms with Crippen LogP contribution in [0, 0.1) is 0 Å². The molecule has 0 radical (unpaired) electrons. The summed E-state index contributed by atoms with van der Waals surface area (Å²) >= 11 is 0. The van der Waals surface area contributed by atoms with Crippen LogP contribution < -0.4 is 4.74 Å². The highest BCUT2D eigenvalue weighted by Crippen LogP contribution is 2.19. The lowest BCUT2D eigenvalue weighted by atomic mass is 10.3. The highest BCUT2D eigenvalue weighted by Gasteiger charge is 2.20. The van der Waals surface area contributed by atoms with Crippen LogP contribution in [-0.2, 0) is 6.61 Å². The van der Waals surface area contributed by atoms with Crippen molar-refractivity contribution in [1.29, 1.82) is 0 Å². The second-order valence-corrected chi connectivity index (χ2v) is 4.05. The van der Waals surface area contributed by atoms with E-state index in [0.717, 1.165) is 0 Å². The maximum atomic E-state index is 11.0. The van der Waals surface area contributed by atoms with Crippen molar-refractivity contribution in [2.24, 2.45) is 0 Å². The minimum Gasteiger partial charge on any atom is -0.485 e. The Morgan fingerprint density at radius 3 is 2.90 bits per heavy atom. The first kappa shape index (κ1) is 12.9. The van der Waals surface area contributed by atoms with Gasteiger partial charge in [0, 0.05) is 0 Å². The molecule has 0 unspecified atom stereocenters. The number of carbonyl (C=O) groups is 1. The molecule has 0 saturated heterocycles. The average molecular weight is 286 g/mol. The third kappa shape index (κ3) is 2.73. The molecule has 3 aromatic rings. The highest BCUT2D eigenvalue weighted by molar-refractivity contribution is 5.91. The first-order valence-corrected chi connectivity index (χ1v) is 6.01. The summed E-state index contributed by atoms with van der Waals surface area (Å²) in [5.74, 6) is -0.139. The predicted octanol–water partition coefficient (Wildman–Crippen LogP) is 1.74. The van der Waals surface area contributed by atoms with Crippen LogP contribution in [0.3, 0.4) is 0 Å². The number of rotatable bonds is 5. The van der Waals surface area contributed by atoms with Crippen LogP contribution in [0.25, 0.3) is 11.6 Å². The van der Waals surface area contributed by atoms with Crippen molar-refractivity contribution >= 4 is 5.97 Å². The number of aromatic nitrogens is 4. The molecular weight excluding hydrogens is 276 g/mol. The molecule has 1 aromatic carbocycles. The minimum absolute atomic E-state index is 0.0524. The van der Waals surface area contributed by atoms with Crippen molar-refractivity contribution in [1.82, 2.24) is 20.1 Å². The third-order valence-electron chi connectivity index (χ3n) is 2.64. The zero-order chi connectivity index (χ0) is 14.7. The molecule has 0 aliphatic heterocycles. The predicted molar refractivity (Wildman–Crippen MR) is 69.6 cm³/mol. The lowest BCUT2D eigenvalue weighted by Gasteiger charge is -2.01. The summed E-state index contributed by atoms with van der Waals surface area (Å²) in [4.78, 5) is 21.4. The van der Waals surface area contributed by atoms with Crippen LogP contribution in [0.15, 0.2) is 41.2 Å². The average Bonchev–Trinajstić information content (AvgIpc) is 3.15. The van der Waals surface area contributed by atoms with E-state index in [1.54, 1.807) is 12.1 Å². The number of imidazole rings is 1. The fourth-order valence-corrected chi connectivity index (χ4v) is 1.70.